The molecular weight excluding hydrogens is 476 g/mol. The molecule has 1 aromatic rings. The van der Waals surface area contributed by atoms with Crippen molar-refractivity contribution >= 4 is 29.6 Å². The topological polar surface area (TPSA) is 131 Å². The highest BCUT2D eigenvalue weighted by atomic mass is 16.6. The van der Waals surface area contributed by atoms with Gasteiger partial charge in [0.25, 0.3) is 0 Å². The van der Waals surface area contributed by atoms with Gasteiger partial charge in [0.15, 0.2) is 0 Å². The van der Waals surface area contributed by atoms with Crippen LogP contribution in [0.25, 0.3) is 0 Å². The molecule has 0 aromatic heterocycles. The van der Waals surface area contributed by atoms with Crippen molar-refractivity contribution in [3.63, 3.8) is 0 Å². The maximum Gasteiger partial charge on any atom is 0.412 e. The number of likely N-dealkylation sites (tertiary alicyclic amines) is 2. The number of carbonyl (C=O) groups excluding carboxylic acids is 4. The van der Waals surface area contributed by atoms with E-state index in [1.54, 1.807) is 54.8 Å². The van der Waals surface area contributed by atoms with Crippen molar-refractivity contribution in [3.8, 4) is 0 Å². The molecule has 0 saturated carbocycles. The summed E-state index contributed by atoms with van der Waals surface area (Å²) in [6.45, 7) is 11.5. The van der Waals surface area contributed by atoms with Crippen LogP contribution in [0.5, 0.6) is 0 Å². The summed E-state index contributed by atoms with van der Waals surface area (Å²) in [6, 6.07) is 7.28. The Labute approximate surface area is 218 Å². The van der Waals surface area contributed by atoms with Crippen molar-refractivity contribution in [2.24, 2.45) is 11.1 Å². The second-order valence-electron chi connectivity index (χ2n) is 11.8. The highest BCUT2D eigenvalue weighted by molar-refractivity contribution is 5.86. The fourth-order valence-corrected chi connectivity index (χ4v) is 4.78. The van der Waals surface area contributed by atoms with Gasteiger partial charge in [-0.2, -0.15) is 0 Å². The van der Waals surface area contributed by atoms with Gasteiger partial charge in [-0.25, -0.2) is 4.79 Å². The number of nitrogens with one attached hydrogen (secondary N) is 1. The summed E-state index contributed by atoms with van der Waals surface area (Å²) in [5.74, 6) is -0.934. The van der Waals surface area contributed by atoms with Gasteiger partial charge in [-0.15, -0.1) is 0 Å². The SMILES string of the molecule is CC(C)(C)OC(=O)CCC(=O)N1C[C@H](OC(=O)Nc2ccccc2)[C@@H]2[C@H]1CCN2C(=O)[C@@H](N)C(C)(C)C. The van der Waals surface area contributed by atoms with E-state index in [-0.39, 0.29) is 37.2 Å². The van der Waals surface area contributed by atoms with Crippen LogP contribution in [0.4, 0.5) is 10.5 Å². The van der Waals surface area contributed by atoms with E-state index >= 15 is 0 Å². The first kappa shape index (κ1) is 28.4. The molecule has 0 radical (unpaired) electrons. The number of anilines is 1. The zero-order valence-electron chi connectivity index (χ0n) is 22.7. The first-order valence-corrected chi connectivity index (χ1v) is 12.8. The van der Waals surface area contributed by atoms with Crippen molar-refractivity contribution in [3.05, 3.63) is 30.3 Å². The lowest BCUT2D eigenvalue weighted by Gasteiger charge is -2.34. The van der Waals surface area contributed by atoms with E-state index in [9.17, 15) is 19.2 Å². The van der Waals surface area contributed by atoms with Gasteiger partial charge in [0.1, 0.15) is 11.7 Å². The molecule has 0 unspecified atom stereocenters. The van der Waals surface area contributed by atoms with Crippen LogP contribution in [0.1, 0.15) is 60.8 Å². The minimum Gasteiger partial charge on any atom is -0.460 e. The monoisotopic (exact) mass is 516 g/mol. The molecule has 1 aromatic carbocycles. The summed E-state index contributed by atoms with van der Waals surface area (Å²) in [5, 5.41) is 2.69. The zero-order chi connectivity index (χ0) is 27.5. The average molecular weight is 517 g/mol. The summed E-state index contributed by atoms with van der Waals surface area (Å²) in [5.41, 5.74) is 5.76. The van der Waals surface area contributed by atoms with E-state index in [0.29, 0.717) is 18.7 Å². The predicted molar refractivity (Wildman–Crippen MR) is 138 cm³/mol. The Bertz CT molecular complexity index is 1000. The molecule has 3 amide bonds. The lowest BCUT2D eigenvalue weighted by molar-refractivity contribution is -0.156. The molecule has 10 heteroatoms. The van der Waals surface area contributed by atoms with E-state index in [1.165, 1.54) is 0 Å². The standard InChI is InChI=1S/C27H40N4O6/c1-26(2,3)23(28)24(34)30-15-14-18-22(30)19(36-25(35)29-17-10-8-7-9-11-17)16-31(18)20(32)12-13-21(33)37-27(4,5)6/h7-11,18-19,22-23H,12-16,28H2,1-6H3,(H,29,35)/t18-,19+,22+,23-/m1/s1. The van der Waals surface area contributed by atoms with Crippen molar-refractivity contribution in [2.45, 2.75) is 90.6 Å². The molecule has 0 spiro atoms. The second-order valence-corrected chi connectivity index (χ2v) is 11.8. The highest BCUT2D eigenvalue weighted by Gasteiger charge is 2.54. The maximum absolute atomic E-state index is 13.4. The fourth-order valence-electron chi connectivity index (χ4n) is 4.78. The van der Waals surface area contributed by atoms with Crippen molar-refractivity contribution in [1.82, 2.24) is 9.80 Å². The lowest BCUT2D eigenvalue weighted by Crippen LogP contribution is -2.55. The second kappa shape index (κ2) is 11.1. The number of nitrogens with two attached hydrogens (primary N) is 1. The summed E-state index contributed by atoms with van der Waals surface area (Å²) < 4.78 is 11.1. The van der Waals surface area contributed by atoms with Crippen LogP contribution in [0.2, 0.25) is 0 Å². The van der Waals surface area contributed by atoms with Crippen LogP contribution in [0.3, 0.4) is 0 Å². The summed E-state index contributed by atoms with van der Waals surface area (Å²) in [6.07, 6.45) is -0.959. The molecule has 2 fully saturated rings. The molecule has 0 bridgehead atoms. The van der Waals surface area contributed by atoms with Crippen LogP contribution in [0, 0.1) is 5.41 Å². The smallest absolute Gasteiger partial charge is 0.412 e. The van der Waals surface area contributed by atoms with Gasteiger partial charge in [0.2, 0.25) is 11.8 Å². The van der Waals surface area contributed by atoms with E-state index in [2.05, 4.69) is 5.32 Å². The van der Waals surface area contributed by atoms with Gasteiger partial charge in [0, 0.05) is 18.7 Å². The number of carbonyl (C=O) groups is 4. The molecule has 2 aliphatic heterocycles. The third-order valence-electron chi connectivity index (χ3n) is 6.62. The molecule has 2 heterocycles. The average Bonchev–Trinajstić information content (AvgIpc) is 3.37. The number of rotatable bonds is 6. The van der Waals surface area contributed by atoms with Crippen LogP contribution in [-0.2, 0) is 23.9 Å². The summed E-state index contributed by atoms with van der Waals surface area (Å²) >= 11 is 0. The van der Waals surface area contributed by atoms with Crippen molar-refractivity contribution in [1.29, 1.82) is 0 Å². The normalized spacial score (nSPS) is 22.3. The lowest BCUT2D eigenvalue weighted by atomic mass is 9.86. The Hall–Kier alpha value is -3.14. The third kappa shape index (κ3) is 7.21. The first-order chi connectivity index (χ1) is 17.2. The third-order valence-corrected chi connectivity index (χ3v) is 6.62. The number of para-hydroxylation sites is 1. The zero-order valence-corrected chi connectivity index (χ0v) is 22.7. The Kier molecular flexibility index (Phi) is 8.52. The van der Waals surface area contributed by atoms with Crippen molar-refractivity contribution in [2.75, 3.05) is 18.4 Å². The molecule has 204 valence electrons. The van der Waals surface area contributed by atoms with Crippen LogP contribution >= 0.6 is 0 Å². The molecule has 2 aliphatic rings. The quantitative estimate of drug-likeness (QED) is 0.556. The number of hydrogen-bond acceptors (Lipinski definition) is 7. The Balaban J connectivity index is 1.76. The van der Waals surface area contributed by atoms with Gasteiger partial charge < -0.3 is 25.0 Å². The van der Waals surface area contributed by atoms with E-state index in [1.807, 2.05) is 26.8 Å². The fraction of sp³-hybridized carbons (Fsp3) is 0.630. The molecule has 4 atom stereocenters. The molecular formula is C27H40N4O6. The maximum atomic E-state index is 13.4. The van der Waals surface area contributed by atoms with Gasteiger partial charge in [0.05, 0.1) is 31.1 Å². The number of amides is 3. The number of fused-ring (bicyclic) bond motifs is 1. The van der Waals surface area contributed by atoms with Gasteiger partial charge in [-0.05, 0) is 44.7 Å². The van der Waals surface area contributed by atoms with E-state index < -0.39 is 41.3 Å². The highest BCUT2D eigenvalue weighted by Crippen LogP contribution is 2.36. The molecule has 3 N–H and O–H groups in total. The predicted octanol–water partition coefficient (Wildman–Crippen LogP) is 2.91. The molecule has 3 rings (SSSR count). The van der Waals surface area contributed by atoms with Gasteiger partial charge in [-0.3, -0.25) is 19.7 Å². The van der Waals surface area contributed by atoms with Crippen LogP contribution in [-0.4, -0.2) is 76.6 Å². The van der Waals surface area contributed by atoms with E-state index in [4.69, 9.17) is 15.2 Å². The number of ether oxygens (including phenoxy) is 2. The molecule has 37 heavy (non-hydrogen) atoms. The first-order valence-electron chi connectivity index (χ1n) is 12.8. The number of benzene rings is 1. The Morgan fingerprint density at radius 3 is 2.27 bits per heavy atom. The number of nitrogens with zero attached hydrogens (tertiary/aromatic N) is 2. The van der Waals surface area contributed by atoms with Crippen LogP contribution < -0.4 is 11.1 Å². The largest absolute Gasteiger partial charge is 0.460 e. The van der Waals surface area contributed by atoms with Crippen molar-refractivity contribution < 1.29 is 28.7 Å². The summed E-state index contributed by atoms with van der Waals surface area (Å²) in [4.78, 5) is 54.7. The Morgan fingerprint density at radius 1 is 1.03 bits per heavy atom. The number of esters is 1. The van der Waals surface area contributed by atoms with Gasteiger partial charge in [-0.1, -0.05) is 39.0 Å². The van der Waals surface area contributed by atoms with Crippen LogP contribution in [0.15, 0.2) is 30.3 Å². The Morgan fingerprint density at radius 2 is 1.68 bits per heavy atom. The minimum atomic E-state index is -0.748. The van der Waals surface area contributed by atoms with Gasteiger partial charge >= 0.3 is 12.1 Å². The summed E-state index contributed by atoms with van der Waals surface area (Å²) in [7, 11) is 0. The van der Waals surface area contributed by atoms with E-state index in [0.717, 1.165) is 0 Å². The molecule has 0 aliphatic carbocycles. The molecule has 10 nitrogen and oxygen atoms in total. The minimum absolute atomic E-state index is 0.0312. The number of hydrogen-bond donors (Lipinski definition) is 2. The molecule has 2 saturated heterocycles.